The van der Waals surface area contributed by atoms with Gasteiger partial charge in [-0.25, -0.2) is 9.97 Å². The molecule has 0 bridgehead atoms. The molecule has 2 N–H and O–H groups in total. The maximum absolute atomic E-state index is 6.35. The molecule has 3 rings (SSSR count). The van der Waals surface area contributed by atoms with Crippen LogP contribution < -0.4 is 15.5 Å². The van der Waals surface area contributed by atoms with E-state index in [4.69, 9.17) is 5.73 Å². The first-order chi connectivity index (χ1) is 11.2. The van der Waals surface area contributed by atoms with Crippen molar-refractivity contribution >= 4 is 28.7 Å². The van der Waals surface area contributed by atoms with Gasteiger partial charge in [0.05, 0.1) is 0 Å². The SMILES string of the molecule is CN(c1ccccc1)c1ncnc(N(C)c2ccccc2)c1N. The lowest BCUT2D eigenvalue weighted by molar-refractivity contribution is 1.05. The van der Waals surface area contributed by atoms with Crippen molar-refractivity contribution in [1.29, 1.82) is 0 Å². The summed E-state index contributed by atoms with van der Waals surface area (Å²) in [5.41, 5.74) is 8.94. The Bertz CT molecular complexity index is 710. The fraction of sp³-hybridized carbons (Fsp3) is 0.111. The van der Waals surface area contributed by atoms with E-state index in [2.05, 4.69) is 9.97 Å². The molecule has 23 heavy (non-hydrogen) atoms. The summed E-state index contributed by atoms with van der Waals surface area (Å²) in [5.74, 6) is 1.37. The summed E-state index contributed by atoms with van der Waals surface area (Å²) in [6.45, 7) is 0. The van der Waals surface area contributed by atoms with Gasteiger partial charge in [-0.05, 0) is 24.3 Å². The molecule has 1 heterocycles. The largest absolute Gasteiger partial charge is 0.393 e. The van der Waals surface area contributed by atoms with Crippen LogP contribution in [-0.2, 0) is 0 Å². The van der Waals surface area contributed by atoms with Crippen molar-refractivity contribution in [1.82, 2.24) is 9.97 Å². The first-order valence-corrected chi connectivity index (χ1v) is 7.36. The number of aromatic nitrogens is 2. The molecule has 0 saturated carbocycles. The summed E-state index contributed by atoms with van der Waals surface area (Å²) in [6, 6.07) is 20.0. The van der Waals surface area contributed by atoms with E-state index in [-0.39, 0.29) is 0 Å². The number of nitrogens with two attached hydrogens (primary N) is 1. The molecule has 0 fully saturated rings. The molecule has 0 aliphatic carbocycles. The highest BCUT2D eigenvalue weighted by Gasteiger charge is 2.16. The summed E-state index contributed by atoms with van der Waals surface area (Å²) in [5, 5.41) is 0. The summed E-state index contributed by atoms with van der Waals surface area (Å²) >= 11 is 0. The van der Waals surface area contributed by atoms with E-state index >= 15 is 0 Å². The monoisotopic (exact) mass is 305 g/mol. The van der Waals surface area contributed by atoms with Gasteiger partial charge in [-0.1, -0.05) is 36.4 Å². The van der Waals surface area contributed by atoms with Gasteiger partial charge in [0.25, 0.3) is 0 Å². The first kappa shape index (κ1) is 14.8. The van der Waals surface area contributed by atoms with Crippen LogP contribution in [0.4, 0.5) is 28.7 Å². The molecule has 1 aromatic heterocycles. The lowest BCUT2D eigenvalue weighted by Gasteiger charge is -2.24. The van der Waals surface area contributed by atoms with Crippen molar-refractivity contribution in [2.75, 3.05) is 29.6 Å². The van der Waals surface area contributed by atoms with Crippen LogP contribution in [0, 0.1) is 0 Å². The number of anilines is 5. The standard InChI is InChI=1S/C18H19N5/c1-22(14-9-5-3-6-10-14)17-16(19)18(21-13-20-17)23(2)15-11-7-4-8-12-15/h3-13H,19H2,1-2H3. The first-order valence-electron chi connectivity index (χ1n) is 7.36. The highest BCUT2D eigenvalue weighted by molar-refractivity contribution is 5.81. The Morgan fingerprint density at radius 1 is 0.696 bits per heavy atom. The number of nitrogen functional groups attached to an aromatic ring is 1. The summed E-state index contributed by atoms with van der Waals surface area (Å²) in [7, 11) is 3.89. The van der Waals surface area contributed by atoms with Gasteiger partial charge in [0.2, 0.25) is 0 Å². The molecular weight excluding hydrogens is 286 g/mol. The van der Waals surface area contributed by atoms with Crippen molar-refractivity contribution in [2.45, 2.75) is 0 Å². The van der Waals surface area contributed by atoms with Gasteiger partial charge in [0.1, 0.15) is 12.0 Å². The van der Waals surface area contributed by atoms with Crippen LogP contribution in [0.25, 0.3) is 0 Å². The van der Waals surface area contributed by atoms with Crippen LogP contribution in [0.2, 0.25) is 0 Å². The van der Waals surface area contributed by atoms with Crippen molar-refractivity contribution < 1.29 is 0 Å². The van der Waals surface area contributed by atoms with E-state index in [1.54, 1.807) is 6.33 Å². The predicted molar refractivity (Wildman–Crippen MR) is 95.5 cm³/mol. The zero-order chi connectivity index (χ0) is 16.2. The van der Waals surface area contributed by atoms with Gasteiger partial charge in [0.15, 0.2) is 11.6 Å². The van der Waals surface area contributed by atoms with E-state index in [0.29, 0.717) is 17.3 Å². The van der Waals surface area contributed by atoms with Gasteiger partial charge in [0, 0.05) is 25.5 Å². The van der Waals surface area contributed by atoms with Gasteiger partial charge >= 0.3 is 0 Å². The molecule has 0 radical (unpaired) electrons. The van der Waals surface area contributed by atoms with Gasteiger partial charge < -0.3 is 15.5 Å². The molecule has 5 nitrogen and oxygen atoms in total. The molecule has 0 aliphatic heterocycles. The average molecular weight is 305 g/mol. The molecule has 116 valence electrons. The molecule has 0 atom stereocenters. The van der Waals surface area contributed by atoms with Crippen LogP contribution in [0.1, 0.15) is 0 Å². The van der Waals surface area contributed by atoms with Crippen molar-refractivity contribution in [3.05, 3.63) is 67.0 Å². The van der Waals surface area contributed by atoms with Crippen LogP contribution in [0.3, 0.4) is 0 Å². The summed E-state index contributed by atoms with van der Waals surface area (Å²) in [6.07, 6.45) is 1.54. The Hall–Kier alpha value is -3.08. The molecule has 0 aliphatic rings. The number of rotatable bonds is 4. The van der Waals surface area contributed by atoms with Crippen molar-refractivity contribution in [3.8, 4) is 0 Å². The maximum Gasteiger partial charge on any atom is 0.161 e. The second-order valence-electron chi connectivity index (χ2n) is 5.22. The van der Waals surface area contributed by atoms with Gasteiger partial charge in [-0.2, -0.15) is 0 Å². The molecule has 0 saturated heterocycles. The molecule has 2 aromatic carbocycles. The minimum absolute atomic E-state index is 0.546. The molecule has 3 aromatic rings. The highest BCUT2D eigenvalue weighted by atomic mass is 15.2. The number of benzene rings is 2. The molecule has 0 spiro atoms. The lowest BCUT2D eigenvalue weighted by Crippen LogP contribution is -2.18. The molecular formula is C18H19N5. The minimum atomic E-state index is 0.546. The van der Waals surface area contributed by atoms with E-state index < -0.39 is 0 Å². The fourth-order valence-electron chi connectivity index (χ4n) is 2.46. The molecule has 0 amide bonds. The Morgan fingerprint density at radius 2 is 1.09 bits per heavy atom. The van der Waals surface area contributed by atoms with E-state index in [1.165, 1.54) is 0 Å². The maximum atomic E-state index is 6.35. The third kappa shape index (κ3) is 2.94. The zero-order valence-electron chi connectivity index (χ0n) is 13.2. The predicted octanol–water partition coefficient (Wildman–Crippen LogP) is 3.59. The Morgan fingerprint density at radius 3 is 1.48 bits per heavy atom. The van der Waals surface area contributed by atoms with Gasteiger partial charge in [-0.15, -0.1) is 0 Å². The lowest BCUT2D eigenvalue weighted by atomic mass is 10.2. The van der Waals surface area contributed by atoms with Crippen LogP contribution in [0.15, 0.2) is 67.0 Å². The summed E-state index contributed by atoms with van der Waals surface area (Å²) in [4.78, 5) is 12.6. The fourth-order valence-corrected chi connectivity index (χ4v) is 2.46. The number of para-hydroxylation sites is 2. The third-order valence-electron chi connectivity index (χ3n) is 3.76. The van der Waals surface area contributed by atoms with E-state index in [9.17, 15) is 0 Å². The van der Waals surface area contributed by atoms with Crippen LogP contribution >= 0.6 is 0 Å². The number of hydrogen-bond acceptors (Lipinski definition) is 5. The second kappa shape index (κ2) is 6.36. The summed E-state index contributed by atoms with van der Waals surface area (Å²) < 4.78 is 0. The topological polar surface area (TPSA) is 58.3 Å². The average Bonchev–Trinajstić information content (AvgIpc) is 2.62. The zero-order valence-corrected chi connectivity index (χ0v) is 13.2. The minimum Gasteiger partial charge on any atom is -0.393 e. The normalized spacial score (nSPS) is 10.3. The van der Waals surface area contributed by atoms with E-state index in [1.807, 2.05) is 84.6 Å². The van der Waals surface area contributed by atoms with Crippen LogP contribution in [-0.4, -0.2) is 24.1 Å². The number of hydrogen-bond donors (Lipinski definition) is 1. The van der Waals surface area contributed by atoms with E-state index in [0.717, 1.165) is 11.4 Å². The Balaban J connectivity index is 1.99. The Kier molecular flexibility index (Phi) is 4.10. The number of nitrogens with zero attached hydrogens (tertiary/aromatic N) is 4. The molecule has 0 unspecified atom stereocenters. The quantitative estimate of drug-likeness (QED) is 0.798. The van der Waals surface area contributed by atoms with Crippen molar-refractivity contribution in [2.24, 2.45) is 0 Å². The highest BCUT2D eigenvalue weighted by Crippen LogP contribution is 2.34. The molecule has 5 heteroatoms. The van der Waals surface area contributed by atoms with Gasteiger partial charge in [-0.3, -0.25) is 0 Å². The second-order valence-corrected chi connectivity index (χ2v) is 5.22. The Labute approximate surface area is 136 Å². The third-order valence-corrected chi connectivity index (χ3v) is 3.76. The smallest absolute Gasteiger partial charge is 0.161 e. The van der Waals surface area contributed by atoms with Crippen molar-refractivity contribution in [3.63, 3.8) is 0 Å². The van der Waals surface area contributed by atoms with Crippen LogP contribution in [0.5, 0.6) is 0 Å².